The first-order chi connectivity index (χ1) is 28.5. The van der Waals surface area contributed by atoms with Gasteiger partial charge in [0.1, 0.15) is 36.4 Å². The van der Waals surface area contributed by atoms with E-state index in [1.807, 2.05) is 13.8 Å². The van der Waals surface area contributed by atoms with Crippen molar-refractivity contribution in [2.45, 2.75) is 116 Å². The van der Waals surface area contributed by atoms with Gasteiger partial charge in [-0.25, -0.2) is 28.9 Å². The second-order valence-corrected chi connectivity index (χ2v) is 21.2. The molecule has 15 nitrogen and oxygen atoms in total. The number of ether oxygens (including phenoxy) is 3. The molecule has 0 radical (unpaired) electrons. The van der Waals surface area contributed by atoms with Gasteiger partial charge in [0.15, 0.2) is 8.32 Å². The van der Waals surface area contributed by atoms with Gasteiger partial charge in [-0.05, 0) is 97.6 Å². The largest absolute Gasteiger partial charge is 0.444 e. The number of aliphatic hydroxyl groups excluding tert-OH is 2. The van der Waals surface area contributed by atoms with Crippen molar-refractivity contribution in [2.24, 2.45) is 0 Å². The number of amides is 3. The average molecular weight is 914 g/mol. The number of anilines is 3. The van der Waals surface area contributed by atoms with Crippen LogP contribution in [0.2, 0.25) is 34.7 Å². The van der Waals surface area contributed by atoms with E-state index in [1.165, 1.54) is 21.9 Å². The lowest BCUT2D eigenvalue weighted by atomic mass is 10.1. The van der Waals surface area contributed by atoms with Crippen molar-refractivity contribution in [1.82, 2.24) is 0 Å². The molecule has 3 aromatic carbocycles. The number of cyclic esters (lactones) is 3. The fourth-order valence-electron chi connectivity index (χ4n) is 7.33. The summed E-state index contributed by atoms with van der Waals surface area (Å²) in [6.07, 6.45) is -4.20. The molecule has 324 valence electrons. The van der Waals surface area contributed by atoms with Crippen LogP contribution >= 0.6 is 34.8 Å². The molecule has 3 aliphatic heterocycles. The second-order valence-electron chi connectivity index (χ2n) is 15.5. The minimum atomic E-state index is -1.75. The van der Waals surface area contributed by atoms with Crippen molar-refractivity contribution in [3.8, 4) is 0 Å². The molecule has 61 heavy (non-hydrogen) atoms. The maximum Gasteiger partial charge on any atom is 0.415 e. The molecule has 0 bridgehead atoms. The molecule has 3 saturated heterocycles. The second kappa shape index (κ2) is 20.2. The maximum absolute atomic E-state index is 12.3. The minimum Gasteiger partial charge on any atom is -0.444 e. The van der Waals surface area contributed by atoms with Crippen molar-refractivity contribution >= 4 is 95.5 Å². The van der Waals surface area contributed by atoms with E-state index in [0.717, 1.165) is 0 Å². The summed E-state index contributed by atoms with van der Waals surface area (Å²) in [7, 11) is -1.75. The molecule has 6 rings (SSSR count). The van der Waals surface area contributed by atoms with Gasteiger partial charge >= 0.3 is 18.3 Å². The van der Waals surface area contributed by atoms with E-state index in [1.54, 1.807) is 75.1 Å². The zero-order valence-corrected chi connectivity index (χ0v) is 38.2. The summed E-state index contributed by atoms with van der Waals surface area (Å²) in [6.45, 7) is 37.7. The number of halogens is 3. The number of carbonyl (C=O) groups is 3. The molecule has 2 N–H and O–H groups in total. The number of benzene rings is 3. The molecule has 3 aromatic rings. The van der Waals surface area contributed by atoms with Crippen LogP contribution in [0.5, 0.6) is 0 Å². The Bertz CT molecular complexity index is 2160. The molecular weight excluding hydrogens is 867 g/mol. The van der Waals surface area contributed by atoms with Crippen LogP contribution < -0.4 is 14.7 Å². The predicted octanol–water partition coefficient (Wildman–Crippen LogP) is 10.8. The lowest BCUT2D eigenvalue weighted by Crippen LogP contribution is -2.48. The number of nitrogens with zero attached hydrogens (tertiary/aromatic N) is 6. The molecule has 9 atom stereocenters. The number of carbonyl (C=O) groups excluding carboxylic acids is 3. The van der Waals surface area contributed by atoms with E-state index in [0.29, 0.717) is 39.1 Å². The molecule has 0 spiro atoms. The van der Waals surface area contributed by atoms with Crippen molar-refractivity contribution in [1.29, 1.82) is 0 Å². The summed E-state index contributed by atoms with van der Waals surface area (Å²) in [5.41, 5.74) is 2.64. The van der Waals surface area contributed by atoms with Crippen molar-refractivity contribution in [3.05, 3.63) is 104 Å². The lowest BCUT2D eigenvalue weighted by molar-refractivity contribution is 0.0984. The highest BCUT2D eigenvalue weighted by Gasteiger charge is 2.46. The van der Waals surface area contributed by atoms with Crippen LogP contribution in [0.15, 0.2) is 54.6 Å². The molecule has 3 heterocycles. The van der Waals surface area contributed by atoms with Gasteiger partial charge in [0.05, 0.1) is 38.0 Å². The molecule has 0 aromatic heterocycles. The van der Waals surface area contributed by atoms with Crippen molar-refractivity contribution in [3.63, 3.8) is 0 Å². The Labute approximate surface area is 371 Å². The first-order valence-corrected chi connectivity index (χ1v) is 23.6. The van der Waals surface area contributed by atoms with Crippen molar-refractivity contribution in [2.75, 3.05) is 14.7 Å². The standard InChI is InChI=1S/C16H21ClN2O3Si.2C13H13ClN2O3/c1-10-15(11(2)22-23(4,5)6)19(16(20)21-10)12-7-8-14(18-3)13(17)9-12;2*1-7(17)12-8(2)19-13(18)16(12)9-4-5-11(15-3)10(14)6-9/h7-11,15H,1-2,4-6H3;2*4-8,12,17H,1-2H3/t10-,11?,15+;7-,8+,12+;7-,8-,12-/m010/s1. The third kappa shape index (κ3) is 11.2. The van der Waals surface area contributed by atoms with E-state index in [2.05, 4.69) is 34.2 Å². The minimum absolute atomic E-state index is 0.164. The van der Waals surface area contributed by atoms with Crippen LogP contribution in [0.4, 0.5) is 48.5 Å². The van der Waals surface area contributed by atoms with E-state index in [9.17, 15) is 24.6 Å². The van der Waals surface area contributed by atoms with Crippen LogP contribution in [0, 0.1) is 19.7 Å². The Morgan fingerprint density at radius 1 is 0.590 bits per heavy atom. The summed E-state index contributed by atoms with van der Waals surface area (Å²) in [5.74, 6) is 0. The van der Waals surface area contributed by atoms with Crippen molar-refractivity contribution < 1.29 is 43.2 Å². The first kappa shape index (κ1) is 48.6. The van der Waals surface area contributed by atoms with E-state index < -0.39 is 63.1 Å². The molecular formula is C42H47Cl3N6O9Si. The Balaban J connectivity index is 0.000000203. The highest BCUT2D eigenvalue weighted by atomic mass is 35.5. The van der Waals surface area contributed by atoms with Gasteiger partial charge in [0.25, 0.3) is 0 Å². The molecule has 3 amide bonds. The number of aliphatic hydroxyl groups is 2. The summed E-state index contributed by atoms with van der Waals surface area (Å²) in [5, 5.41) is 20.4. The third-order valence-electron chi connectivity index (χ3n) is 9.79. The summed E-state index contributed by atoms with van der Waals surface area (Å²) >= 11 is 18.0. The normalized spacial score (nSPS) is 23.5. The lowest BCUT2D eigenvalue weighted by Gasteiger charge is -2.33. The quantitative estimate of drug-likeness (QED) is 0.128. The van der Waals surface area contributed by atoms with Gasteiger partial charge in [-0.15, -0.1) is 0 Å². The molecule has 0 saturated carbocycles. The van der Waals surface area contributed by atoms with Crippen LogP contribution in [0.25, 0.3) is 14.5 Å². The fraction of sp³-hybridized carbons (Fsp3) is 0.429. The summed E-state index contributed by atoms with van der Waals surface area (Å²) in [4.78, 5) is 50.2. The van der Waals surface area contributed by atoms with Gasteiger partial charge < -0.3 is 28.8 Å². The molecule has 3 fully saturated rings. The van der Waals surface area contributed by atoms with E-state index >= 15 is 0 Å². The fourth-order valence-corrected chi connectivity index (χ4v) is 9.23. The zero-order valence-electron chi connectivity index (χ0n) is 35.0. The highest BCUT2D eigenvalue weighted by Crippen LogP contribution is 2.38. The number of hydrogen-bond acceptors (Lipinski definition) is 9. The SMILES string of the molecule is [C-]#[N+]c1ccc(N2C(=O)O[C@@H](C)[C@@H]2C(C)O[Si](C)(C)C)cc1Cl.[C-]#[N+]c1ccc(N2C(=O)O[C@@H](C)[C@@H]2[C@@H](C)O)cc1Cl.[C-]#[N+]c1ccc(N2C(=O)O[C@@H](C)[C@@H]2[C@H](C)O)cc1Cl. The number of hydrogen-bond donors (Lipinski definition) is 2. The molecule has 1 unspecified atom stereocenters. The van der Waals surface area contributed by atoms with Gasteiger partial charge in [0.2, 0.25) is 17.1 Å². The van der Waals surface area contributed by atoms with Gasteiger partial charge in [-0.1, -0.05) is 53.0 Å². The maximum atomic E-state index is 12.3. The highest BCUT2D eigenvalue weighted by molar-refractivity contribution is 6.69. The molecule has 19 heteroatoms. The summed E-state index contributed by atoms with van der Waals surface area (Å²) < 4.78 is 21.8. The monoisotopic (exact) mass is 912 g/mol. The van der Waals surface area contributed by atoms with Gasteiger partial charge in [-0.2, -0.15) is 0 Å². The van der Waals surface area contributed by atoms with Gasteiger partial charge in [-0.3, -0.25) is 14.7 Å². The summed E-state index contributed by atoms with van der Waals surface area (Å²) in [6, 6.07) is 13.2. The van der Waals surface area contributed by atoms with Crippen LogP contribution in [0.1, 0.15) is 41.5 Å². The Kier molecular flexibility index (Phi) is 16.1. The van der Waals surface area contributed by atoms with Crippen LogP contribution in [0.3, 0.4) is 0 Å². The predicted molar refractivity (Wildman–Crippen MR) is 237 cm³/mol. The zero-order chi connectivity index (χ0) is 45.7. The Morgan fingerprint density at radius 2 is 0.869 bits per heavy atom. The van der Waals surface area contributed by atoms with Gasteiger partial charge in [0, 0.05) is 32.1 Å². The Morgan fingerprint density at radius 3 is 1.11 bits per heavy atom. The topological polar surface area (TPSA) is 151 Å². The Hall–Kier alpha value is -5.09. The number of rotatable bonds is 8. The first-order valence-electron chi connectivity index (χ1n) is 19.1. The molecule has 3 aliphatic rings. The smallest absolute Gasteiger partial charge is 0.415 e. The third-order valence-corrected chi connectivity index (χ3v) is 11.8. The van der Waals surface area contributed by atoms with Crippen LogP contribution in [-0.4, -0.2) is 91.6 Å². The average Bonchev–Trinajstić information content (AvgIpc) is 3.77. The van der Waals surface area contributed by atoms with E-state index in [-0.39, 0.29) is 28.3 Å². The molecule has 0 aliphatic carbocycles. The van der Waals surface area contributed by atoms with E-state index in [4.69, 9.17) is 73.2 Å². The van der Waals surface area contributed by atoms with Crippen LogP contribution in [-0.2, 0) is 18.6 Å².